The number of carboxylic acid groups (broad SMARTS) is 4. The molecule has 0 amide bonds. The predicted molar refractivity (Wildman–Crippen MR) is 53.2 cm³/mol. The van der Waals surface area contributed by atoms with E-state index >= 15 is 0 Å². The second-order valence-corrected chi connectivity index (χ2v) is 2.08. The minimum Gasteiger partial charge on any atom is -0.481 e. The molecule has 0 atom stereocenters. The smallest absolute Gasteiger partial charge is 0.300 e. The van der Waals surface area contributed by atoms with Crippen molar-refractivity contribution in [1.82, 2.24) is 0 Å². The van der Waals surface area contributed by atoms with Crippen molar-refractivity contribution in [1.29, 1.82) is 0 Å². The van der Waals surface area contributed by atoms with Gasteiger partial charge in [-0.1, -0.05) is 0 Å². The number of carbonyl (C=O) groups is 4. The van der Waals surface area contributed by atoms with Gasteiger partial charge in [0.05, 0.1) is 0 Å². The molecule has 0 saturated heterocycles. The molecule has 0 aromatic carbocycles. The van der Waals surface area contributed by atoms with Crippen LogP contribution in [0.2, 0.25) is 0 Å². The first-order valence-electron chi connectivity index (χ1n) is 3.71. The van der Waals surface area contributed by atoms with Gasteiger partial charge < -0.3 is 20.4 Å². The van der Waals surface area contributed by atoms with Crippen molar-refractivity contribution in [3.8, 4) is 0 Å². The molecule has 0 aliphatic carbocycles. The molecule has 0 heterocycles. The maximum atomic E-state index is 9.00. The van der Waals surface area contributed by atoms with E-state index < -0.39 is 23.9 Å². The molecule has 0 bridgehead atoms. The Bertz CT molecular complexity index is 167. The third-order valence-corrected chi connectivity index (χ3v) is 0. The first kappa shape index (κ1) is 36.0. The van der Waals surface area contributed by atoms with Crippen LogP contribution in [0.5, 0.6) is 0 Å². The number of aliphatic carboxylic acids is 4. The Labute approximate surface area is 137 Å². The molecule has 0 saturated carbocycles. The van der Waals surface area contributed by atoms with Crippen LogP contribution in [0.15, 0.2) is 0 Å². The Balaban J connectivity index is -0.0000000257. The van der Waals surface area contributed by atoms with Gasteiger partial charge in [-0.2, -0.15) is 0 Å². The largest absolute Gasteiger partial charge is 0.481 e. The number of hydrogen-bond donors (Lipinski definition) is 4. The van der Waals surface area contributed by atoms with Gasteiger partial charge in [0.1, 0.15) is 0 Å². The summed E-state index contributed by atoms with van der Waals surface area (Å²) in [6, 6.07) is 0. The number of hydrogen-bond acceptors (Lipinski definition) is 4. The van der Waals surface area contributed by atoms with Crippen molar-refractivity contribution in [2.45, 2.75) is 27.7 Å². The maximum absolute atomic E-state index is 9.00. The molecule has 0 aliphatic rings. The summed E-state index contributed by atoms with van der Waals surface area (Å²) >= 11 is 0. The second kappa shape index (κ2) is 29.9. The molecule has 0 rings (SSSR count). The topological polar surface area (TPSA) is 149 Å². The molecule has 4 N–H and O–H groups in total. The summed E-state index contributed by atoms with van der Waals surface area (Å²) in [7, 11) is 0. The average Bonchev–Trinajstić information content (AvgIpc) is 1.76. The SMILES string of the molecule is CC(=O)O.CC(=O)O.CC(=O)O.CC(=O)O.[Cd].[Zn]. The van der Waals surface area contributed by atoms with Gasteiger partial charge in [-0.3, -0.25) is 19.2 Å². The van der Waals surface area contributed by atoms with E-state index in [4.69, 9.17) is 39.6 Å². The Morgan fingerprint density at radius 1 is 0.556 bits per heavy atom. The van der Waals surface area contributed by atoms with E-state index in [1.807, 2.05) is 0 Å². The van der Waals surface area contributed by atoms with E-state index in [1.165, 1.54) is 0 Å². The third kappa shape index (κ3) is 9720. The fraction of sp³-hybridized carbons (Fsp3) is 0.500. The number of rotatable bonds is 0. The summed E-state index contributed by atoms with van der Waals surface area (Å²) in [6.45, 7) is 4.33. The van der Waals surface area contributed by atoms with Crippen LogP contribution < -0.4 is 0 Å². The summed E-state index contributed by atoms with van der Waals surface area (Å²) in [6.07, 6.45) is 0. The van der Waals surface area contributed by atoms with Gasteiger partial charge in [-0.05, 0) is 0 Å². The summed E-state index contributed by atoms with van der Waals surface area (Å²) in [5, 5.41) is 29.7. The van der Waals surface area contributed by atoms with Crippen LogP contribution in [-0.2, 0) is 66.0 Å². The van der Waals surface area contributed by atoms with Crippen LogP contribution in [0.4, 0.5) is 0 Å². The Kier molecular flexibility index (Phi) is 59.9. The minimum absolute atomic E-state index is 0. The minimum atomic E-state index is -0.833. The summed E-state index contributed by atoms with van der Waals surface area (Å²) < 4.78 is 0. The first-order chi connectivity index (χ1) is 6.93. The molecule has 0 aromatic heterocycles. The van der Waals surface area contributed by atoms with Crippen LogP contribution in [0.1, 0.15) is 27.7 Å². The van der Waals surface area contributed by atoms with Gasteiger partial charge in [0.15, 0.2) is 0 Å². The van der Waals surface area contributed by atoms with Crippen molar-refractivity contribution in [2.75, 3.05) is 0 Å². The number of carboxylic acids is 4. The second-order valence-electron chi connectivity index (χ2n) is 2.08. The van der Waals surface area contributed by atoms with Gasteiger partial charge in [0.25, 0.3) is 23.9 Å². The fourth-order valence-electron chi connectivity index (χ4n) is 0. The van der Waals surface area contributed by atoms with E-state index in [-0.39, 0.29) is 46.8 Å². The quantitative estimate of drug-likeness (QED) is 0.412. The van der Waals surface area contributed by atoms with E-state index in [2.05, 4.69) is 0 Å². The van der Waals surface area contributed by atoms with E-state index in [0.29, 0.717) is 0 Å². The standard InChI is InChI=1S/4C2H4O2.Cd.Zn/c4*1-2(3)4;;/h4*1H3,(H,3,4);;. The average molecular weight is 418 g/mol. The van der Waals surface area contributed by atoms with Crippen LogP contribution in [0.3, 0.4) is 0 Å². The molecular formula is C8H16CdO8Zn. The molecule has 0 aromatic rings. The van der Waals surface area contributed by atoms with E-state index in [9.17, 15) is 0 Å². The van der Waals surface area contributed by atoms with Gasteiger partial charge in [0, 0.05) is 74.5 Å². The van der Waals surface area contributed by atoms with Crippen molar-refractivity contribution in [3.05, 3.63) is 0 Å². The summed E-state index contributed by atoms with van der Waals surface area (Å²) in [4.78, 5) is 36.0. The van der Waals surface area contributed by atoms with E-state index in [0.717, 1.165) is 27.7 Å². The molecule has 18 heavy (non-hydrogen) atoms. The Hall–Kier alpha value is -0.575. The van der Waals surface area contributed by atoms with Crippen LogP contribution in [0, 0.1) is 0 Å². The zero-order valence-electron chi connectivity index (χ0n) is 10.8. The molecule has 0 aliphatic heterocycles. The normalized spacial score (nSPS) is 5.56. The monoisotopic (exact) mass is 418 g/mol. The van der Waals surface area contributed by atoms with Crippen molar-refractivity contribution in [3.63, 3.8) is 0 Å². The Morgan fingerprint density at radius 2 is 0.556 bits per heavy atom. The first-order valence-corrected chi connectivity index (χ1v) is 3.71. The molecule has 0 fully saturated rings. The third-order valence-electron chi connectivity index (χ3n) is 0. The summed E-state index contributed by atoms with van der Waals surface area (Å²) in [5.74, 6) is -3.33. The van der Waals surface area contributed by atoms with Crippen LogP contribution >= 0.6 is 0 Å². The van der Waals surface area contributed by atoms with Crippen molar-refractivity contribution in [2.24, 2.45) is 0 Å². The molecule has 0 unspecified atom stereocenters. The van der Waals surface area contributed by atoms with Gasteiger partial charge >= 0.3 is 0 Å². The van der Waals surface area contributed by atoms with Crippen molar-refractivity contribution < 1.29 is 86.4 Å². The molecule has 8 nitrogen and oxygen atoms in total. The molecular weight excluding hydrogens is 402 g/mol. The zero-order chi connectivity index (χ0) is 14.3. The fourth-order valence-corrected chi connectivity index (χ4v) is 0. The summed E-state index contributed by atoms with van der Waals surface area (Å²) in [5.41, 5.74) is 0. The van der Waals surface area contributed by atoms with Crippen molar-refractivity contribution >= 4 is 23.9 Å². The zero-order valence-corrected chi connectivity index (χ0v) is 17.8. The van der Waals surface area contributed by atoms with Crippen LogP contribution in [-0.4, -0.2) is 44.3 Å². The van der Waals surface area contributed by atoms with E-state index in [1.54, 1.807) is 0 Å². The van der Waals surface area contributed by atoms with Gasteiger partial charge in [-0.15, -0.1) is 0 Å². The predicted octanol–water partition coefficient (Wildman–Crippen LogP) is 0.359. The maximum Gasteiger partial charge on any atom is 0.300 e. The van der Waals surface area contributed by atoms with Crippen LogP contribution in [0.25, 0.3) is 0 Å². The molecule has 0 spiro atoms. The van der Waals surface area contributed by atoms with Gasteiger partial charge in [-0.25, -0.2) is 0 Å². The Morgan fingerprint density at radius 3 is 0.556 bits per heavy atom. The molecule has 100 valence electrons. The molecule has 0 radical (unpaired) electrons. The molecule has 10 heteroatoms. The van der Waals surface area contributed by atoms with Gasteiger partial charge in [0.2, 0.25) is 0 Å².